The number of nitriles is 1. The highest BCUT2D eigenvalue weighted by molar-refractivity contribution is 5.83. The average molecular weight is 259 g/mol. The van der Waals surface area contributed by atoms with E-state index in [2.05, 4.69) is 24.3 Å². The fraction of sp³-hybridized carbons (Fsp3) is 0.0556. The Bertz CT molecular complexity index is 787. The summed E-state index contributed by atoms with van der Waals surface area (Å²) in [6.45, 7) is 0.466. The smallest absolute Gasteiger partial charge is 0.120 e. The van der Waals surface area contributed by atoms with Crippen molar-refractivity contribution in [3.05, 3.63) is 77.9 Å². The largest absolute Gasteiger partial charge is 0.489 e. The summed E-state index contributed by atoms with van der Waals surface area (Å²) in [5, 5.41) is 11.2. The van der Waals surface area contributed by atoms with E-state index in [9.17, 15) is 0 Å². The van der Waals surface area contributed by atoms with Gasteiger partial charge in [-0.25, -0.2) is 0 Å². The van der Waals surface area contributed by atoms with E-state index >= 15 is 0 Å². The van der Waals surface area contributed by atoms with Crippen LogP contribution in [0.5, 0.6) is 5.75 Å². The van der Waals surface area contributed by atoms with Gasteiger partial charge in [0.1, 0.15) is 12.4 Å². The third-order valence-corrected chi connectivity index (χ3v) is 3.18. The molecule has 0 unspecified atom stereocenters. The molecule has 2 nitrogen and oxygen atoms in total. The van der Waals surface area contributed by atoms with Crippen molar-refractivity contribution in [2.45, 2.75) is 6.61 Å². The predicted octanol–water partition coefficient (Wildman–Crippen LogP) is 4.29. The third kappa shape index (κ3) is 2.62. The molecule has 2 heteroatoms. The van der Waals surface area contributed by atoms with Gasteiger partial charge in [0.15, 0.2) is 0 Å². The number of nitrogens with zero attached hydrogens (tertiary/aromatic N) is 1. The molecule has 3 aromatic carbocycles. The van der Waals surface area contributed by atoms with Crippen LogP contribution in [-0.4, -0.2) is 0 Å². The van der Waals surface area contributed by atoms with Crippen LogP contribution in [-0.2, 0) is 6.61 Å². The number of ether oxygens (including phenoxy) is 1. The van der Waals surface area contributed by atoms with E-state index in [4.69, 9.17) is 10.00 Å². The van der Waals surface area contributed by atoms with Crippen molar-refractivity contribution in [2.75, 3.05) is 0 Å². The lowest BCUT2D eigenvalue weighted by Crippen LogP contribution is -1.95. The summed E-state index contributed by atoms with van der Waals surface area (Å²) in [7, 11) is 0. The van der Waals surface area contributed by atoms with Gasteiger partial charge in [-0.3, -0.25) is 0 Å². The molecule has 3 aromatic rings. The maximum absolute atomic E-state index is 8.87. The van der Waals surface area contributed by atoms with Crippen LogP contribution in [0.15, 0.2) is 66.7 Å². The zero-order chi connectivity index (χ0) is 13.8. The van der Waals surface area contributed by atoms with Gasteiger partial charge >= 0.3 is 0 Å². The number of benzene rings is 3. The average Bonchev–Trinajstić information content (AvgIpc) is 2.53. The Morgan fingerprint density at radius 2 is 1.70 bits per heavy atom. The van der Waals surface area contributed by atoms with Crippen LogP contribution in [0.3, 0.4) is 0 Å². The minimum Gasteiger partial charge on any atom is -0.489 e. The van der Waals surface area contributed by atoms with Crippen molar-refractivity contribution in [1.82, 2.24) is 0 Å². The van der Waals surface area contributed by atoms with Gasteiger partial charge in [0, 0.05) is 0 Å². The minimum atomic E-state index is 0.466. The Kier molecular flexibility index (Phi) is 3.34. The molecule has 0 radical (unpaired) electrons. The highest BCUT2D eigenvalue weighted by Gasteiger charge is 1.99. The minimum absolute atomic E-state index is 0.466. The Balaban J connectivity index is 1.78. The van der Waals surface area contributed by atoms with Crippen molar-refractivity contribution < 1.29 is 4.74 Å². The maximum atomic E-state index is 8.87. The molecule has 0 N–H and O–H groups in total. The SMILES string of the molecule is N#Cc1cccc(COc2ccc3ccccc3c2)c1. The number of rotatable bonds is 3. The lowest BCUT2D eigenvalue weighted by atomic mass is 10.1. The van der Waals surface area contributed by atoms with Crippen molar-refractivity contribution in [1.29, 1.82) is 5.26 Å². The molecule has 20 heavy (non-hydrogen) atoms. The molecule has 3 rings (SSSR count). The van der Waals surface area contributed by atoms with E-state index in [1.165, 1.54) is 5.39 Å². The molecule has 0 fully saturated rings. The molecular weight excluding hydrogens is 246 g/mol. The van der Waals surface area contributed by atoms with Gasteiger partial charge in [-0.05, 0) is 40.6 Å². The monoisotopic (exact) mass is 259 g/mol. The molecule has 0 aliphatic carbocycles. The van der Waals surface area contributed by atoms with Gasteiger partial charge < -0.3 is 4.74 Å². The van der Waals surface area contributed by atoms with E-state index in [-0.39, 0.29) is 0 Å². The summed E-state index contributed by atoms with van der Waals surface area (Å²) in [4.78, 5) is 0. The molecule has 0 atom stereocenters. The second kappa shape index (κ2) is 5.46. The lowest BCUT2D eigenvalue weighted by molar-refractivity contribution is 0.306. The molecule has 0 aromatic heterocycles. The van der Waals surface area contributed by atoms with Gasteiger partial charge in [0.25, 0.3) is 0 Å². The summed E-state index contributed by atoms with van der Waals surface area (Å²) in [5.41, 5.74) is 1.65. The summed E-state index contributed by atoms with van der Waals surface area (Å²) in [6, 6.07) is 23.8. The first-order valence-corrected chi connectivity index (χ1v) is 6.46. The molecule has 0 bridgehead atoms. The molecule has 96 valence electrons. The fourth-order valence-corrected chi connectivity index (χ4v) is 2.15. The van der Waals surface area contributed by atoms with Crippen molar-refractivity contribution in [2.24, 2.45) is 0 Å². The molecule has 0 heterocycles. The first-order chi connectivity index (χ1) is 9.85. The number of fused-ring (bicyclic) bond motifs is 1. The Morgan fingerprint density at radius 3 is 2.55 bits per heavy atom. The van der Waals surface area contributed by atoms with Gasteiger partial charge in [-0.15, -0.1) is 0 Å². The van der Waals surface area contributed by atoms with E-state index < -0.39 is 0 Å². The first kappa shape index (κ1) is 12.3. The molecule has 0 aliphatic heterocycles. The van der Waals surface area contributed by atoms with E-state index in [1.807, 2.05) is 42.5 Å². The molecule has 0 saturated heterocycles. The topological polar surface area (TPSA) is 33.0 Å². The van der Waals surface area contributed by atoms with Crippen molar-refractivity contribution in [3.8, 4) is 11.8 Å². The molecule has 0 saturated carbocycles. The molecular formula is C18H13NO. The van der Waals surface area contributed by atoms with Crippen molar-refractivity contribution >= 4 is 10.8 Å². The predicted molar refractivity (Wildman–Crippen MR) is 79.4 cm³/mol. The molecule has 0 amide bonds. The highest BCUT2D eigenvalue weighted by atomic mass is 16.5. The maximum Gasteiger partial charge on any atom is 0.120 e. The van der Waals surface area contributed by atoms with Gasteiger partial charge in [0.2, 0.25) is 0 Å². The third-order valence-electron chi connectivity index (χ3n) is 3.18. The van der Waals surface area contributed by atoms with E-state index in [0.717, 1.165) is 16.7 Å². The standard InChI is InChI=1S/C18H13NO/c19-12-14-4-3-5-15(10-14)13-20-18-9-8-16-6-1-2-7-17(16)11-18/h1-11H,13H2. The van der Waals surface area contributed by atoms with Crippen LogP contribution in [0, 0.1) is 11.3 Å². The summed E-state index contributed by atoms with van der Waals surface area (Å²) >= 11 is 0. The van der Waals surface area contributed by atoms with Gasteiger partial charge in [-0.2, -0.15) is 5.26 Å². The van der Waals surface area contributed by atoms with Gasteiger partial charge in [-0.1, -0.05) is 42.5 Å². The Labute approximate surface area is 117 Å². The zero-order valence-electron chi connectivity index (χ0n) is 10.9. The second-order valence-corrected chi connectivity index (χ2v) is 4.61. The normalized spacial score (nSPS) is 10.2. The molecule has 0 aliphatic rings. The summed E-state index contributed by atoms with van der Waals surface area (Å²) in [6.07, 6.45) is 0. The Morgan fingerprint density at radius 1 is 0.850 bits per heavy atom. The number of hydrogen-bond donors (Lipinski definition) is 0. The lowest BCUT2D eigenvalue weighted by Gasteiger charge is -2.07. The Hall–Kier alpha value is -2.79. The van der Waals surface area contributed by atoms with Crippen LogP contribution in [0.4, 0.5) is 0 Å². The van der Waals surface area contributed by atoms with Crippen LogP contribution >= 0.6 is 0 Å². The van der Waals surface area contributed by atoms with Gasteiger partial charge in [0.05, 0.1) is 11.6 Å². The quantitative estimate of drug-likeness (QED) is 0.703. The van der Waals surface area contributed by atoms with Crippen LogP contribution in [0.1, 0.15) is 11.1 Å². The van der Waals surface area contributed by atoms with Crippen LogP contribution in [0.2, 0.25) is 0 Å². The van der Waals surface area contributed by atoms with Crippen LogP contribution in [0.25, 0.3) is 10.8 Å². The fourth-order valence-electron chi connectivity index (χ4n) is 2.15. The van der Waals surface area contributed by atoms with E-state index in [1.54, 1.807) is 6.07 Å². The summed E-state index contributed by atoms with van der Waals surface area (Å²) < 4.78 is 5.79. The van der Waals surface area contributed by atoms with Crippen molar-refractivity contribution in [3.63, 3.8) is 0 Å². The zero-order valence-corrected chi connectivity index (χ0v) is 10.9. The highest BCUT2D eigenvalue weighted by Crippen LogP contribution is 2.21. The van der Waals surface area contributed by atoms with E-state index in [0.29, 0.717) is 12.2 Å². The first-order valence-electron chi connectivity index (χ1n) is 6.46. The number of hydrogen-bond acceptors (Lipinski definition) is 2. The second-order valence-electron chi connectivity index (χ2n) is 4.61. The summed E-state index contributed by atoms with van der Waals surface area (Å²) in [5.74, 6) is 0.839. The van der Waals surface area contributed by atoms with Crippen LogP contribution < -0.4 is 4.74 Å². The molecule has 0 spiro atoms.